The summed E-state index contributed by atoms with van der Waals surface area (Å²) in [7, 11) is 0. The van der Waals surface area contributed by atoms with Crippen molar-refractivity contribution in [2.75, 3.05) is 13.1 Å². The molecule has 1 amide bonds. The first-order valence-electron chi connectivity index (χ1n) is 9.30. The zero-order valence-electron chi connectivity index (χ0n) is 16.2. The largest absolute Gasteiger partial charge is 0.474 e. The Bertz CT molecular complexity index is 823. The summed E-state index contributed by atoms with van der Waals surface area (Å²) in [5.41, 5.74) is 0.590. The van der Waals surface area contributed by atoms with Gasteiger partial charge in [0, 0.05) is 25.9 Å². The monoisotopic (exact) mass is 389 g/mol. The fourth-order valence-corrected chi connectivity index (χ4v) is 2.86. The highest BCUT2D eigenvalue weighted by Crippen LogP contribution is 2.30. The van der Waals surface area contributed by atoms with Gasteiger partial charge in [0.15, 0.2) is 11.6 Å². The number of amides is 1. The van der Waals surface area contributed by atoms with Gasteiger partial charge >= 0.3 is 6.09 Å². The summed E-state index contributed by atoms with van der Waals surface area (Å²) in [4.78, 5) is 21.9. The molecule has 3 rings (SSSR count). The molecule has 0 unspecified atom stereocenters. The number of ether oxygens (including phenoxy) is 3. The molecule has 2 aromatic rings. The van der Waals surface area contributed by atoms with Gasteiger partial charge in [0.25, 0.3) is 0 Å². The highest BCUT2D eigenvalue weighted by Gasteiger charge is 2.26. The molecule has 7 nitrogen and oxygen atoms in total. The molecule has 0 N–H and O–H groups in total. The van der Waals surface area contributed by atoms with Crippen LogP contribution in [0.5, 0.6) is 17.5 Å². The number of piperidine rings is 1. The molecule has 150 valence electrons. The van der Waals surface area contributed by atoms with Crippen molar-refractivity contribution in [3.8, 4) is 17.5 Å². The minimum absolute atomic E-state index is 0.0852. The highest BCUT2D eigenvalue weighted by molar-refractivity contribution is 5.67. The van der Waals surface area contributed by atoms with Crippen LogP contribution >= 0.6 is 0 Å². The van der Waals surface area contributed by atoms with Gasteiger partial charge < -0.3 is 19.1 Å². The number of hydrogen-bond acceptors (Lipinski definition) is 6. The van der Waals surface area contributed by atoms with Crippen LogP contribution in [-0.4, -0.2) is 46.3 Å². The van der Waals surface area contributed by atoms with Crippen molar-refractivity contribution < 1.29 is 23.4 Å². The molecule has 1 aromatic heterocycles. The van der Waals surface area contributed by atoms with Crippen molar-refractivity contribution in [1.29, 1.82) is 0 Å². The first kappa shape index (κ1) is 19.9. The summed E-state index contributed by atoms with van der Waals surface area (Å²) in [5, 5.41) is 0. The third-order valence-electron chi connectivity index (χ3n) is 4.35. The molecular weight excluding hydrogens is 365 g/mol. The van der Waals surface area contributed by atoms with Crippen molar-refractivity contribution in [1.82, 2.24) is 14.9 Å². The number of hydrogen-bond donors (Lipinski definition) is 0. The molecule has 1 aliphatic rings. The molecule has 1 fully saturated rings. The summed E-state index contributed by atoms with van der Waals surface area (Å²) in [6.07, 6.45) is 2.14. The molecular formula is C20H24FN3O4. The number of halogens is 1. The number of carbonyl (C=O) groups excluding carboxylic acids is 1. The van der Waals surface area contributed by atoms with E-state index >= 15 is 0 Å². The van der Waals surface area contributed by atoms with Gasteiger partial charge in [0.1, 0.15) is 12.4 Å². The van der Waals surface area contributed by atoms with E-state index in [4.69, 9.17) is 14.2 Å². The van der Waals surface area contributed by atoms with Crippen molar-refractivity contribution in [3.63, 3.8) is 0 Å². The van der Waals surface area contributed by atoms with E-state index in [0.29, 0.717) is 37.4 Å². The predicted molar refractivity (Wildman–Crippen MR) is 100 cm³/mol. The Morgan fingerprint density at radius 2 is 1.86 bits per heavy atom. The molecule has 1 saturated heterocycles. The van der Waals surface area contributed by atoms with Crippen LogP contribution < -0.4 is 9.47 Å². The van der Waals surface area contributed by atoms with Gasteiger partial charge in [-0.25, -0.2) is 19.2 Å². The summed E-state index contributed by atoms with van der Waals surface area (Å²) in [6, 6.07) is 6.13. The topological polar surface area (TPSA) is 73.8 Å². The summed E-state index contributed by atoms with van der Waals surface area (Å²) in [6.45, 7) is 6.53. The number of benzene rings is 1. The quantitative estimate of drug-likeness (QED) is 0.766. The fourth-order valence-electron chi connectivity index (χ4n) is 2.86. The van der Waals surface area contributed by atoms with Crippen molar-refractivity contribution in [2.45, 2.75) is 45.8 Å². The molecule has 0 bridgehead atoms. The number of aromatic nitrogens is 2. The van der Waals surface area contributed by atoms with Crippen molar-refractivity contribution in [3.05, 3.63) is 42.0 Å². The number of para-hydroxylation sites is 1. The number of rotatable bonds is 5. The average Bonchev–Trinajstić information content (AvgIpc) is 2.66. The molecule has 28 heavy (non-hydrogen) atoms. The average molecular weight is 389 g/mol. The molecule has 0 aliphatic carbocycles. The van der Waals surface area contributed by atoms with Crippen molar-refractivity contribution >= 4 is 6.09 Å². The Kier molecular flexibility index (Phi) is 6.28. The minimum atomic E-state index is -0.469. The third kappa shape index (κ3) is 4.88. The molecule has 0 saturated carbocycles. The number of nitrogens with zero attached hydrogens (tertiary/aromatic N) is 3. The molecule has 1 aliphatic heterocycles. The lowest BCUT2D eigenvalue weighted by Gasteiger charge is -2.31. The van der Waals surface area contributed by atoms with Crippen LogP contribution in [0.25, 0.3) is 0 Å². The van der Waals surface area contributed by atoms with Gasteiger partial charge in [-0.2, -0.15) is 0 Å². The summed E-state index contributed by atoms with van der Waals surface area (Å²) >= 11 is 0. The maximum Gasteiger partial charge on any atom is 0.410 e. The Morgan fingerprint density at radius 3 is 2.54 bits per heavy atom. The smallest absolute Gasteiger partial charge is 0.410 e. The Balaban J connectivity index is 1.61. The van der Waals surface area contributed by atoms with E-state index in [1.54, 1.807) is 24.0 Å². The molecule has 0 radical (unpaired) electrons. The second-order valence-corrected chi connectivity index (χ2v) is 6.88. The third-order valence-corrected chi connectivity index (χ3v) is 4.35. The lowest BCUT2D eigenvalue weighted by molar-refractivity contribution is 0.0505. The van der Waals surface area contributed by atoms with Crippen LogP contribution in [0, 0.1) is 12.7 Å². The van der Waals surface area contributed by atoms with E-state index < -0.39 is 5.82 Å². The van der Waals surface area contributed by atoms with Crippen LogP contribution in [-0.2, 0) is 4.74 Å². The van der Waals surface area contributed by atoms with Gasteiger partial charge in [-0.15, -0.1) is 0 Å². The normalized spacial score (nSPS) is 14.8. The lowest BCUT2D eigenvalue weighted by Crippen LogP contribution is -2.42. The number of carbonyl (C=O) groups is 1. The van der Waals surface area contributed by atoms with E-state index in [0.717, 1.165) is 0 Å². The highest BCUT2D eigenvalue weighted by atomic mass is 19.1. The Hall–Kier alpha value is -2.90. The van der Waals surface area contributed by atoms with E-state index in [2.05, 4.69) is 9.97 Å². The zero-order valence-corrected chi connectivity index (χ0v) is 16.2. The molecule has 0 spiro atoms. The number of likely N-dealkylation sites (tertiary alicyclic amines) is 1. The van der Waals surface area contributed by atoms with Crippen LogP contribution in [0.15, 0.2) is 30.6 Å². The molecule has 2 heterocycles. The van der Waals surface area contributed by atoms with Gasteiger partial charge in [-0.05, 0) is 32.9 Å². The van der Waals surface area contributed by atoms with Crippen LogP contribution in [0.4, 0.5) is 9.18 Å². The second-order valence-electron chi connectivity index (χ2n) is 6.88. The van der Waals surface area contributed by atoms with Gasteiger partial charge in [0.05, 0.1) is 11.7 Å². The maximum atomic E-state index is 13.8. The van der Waals surface area contributed by atoms with Crippen molar-refractivity contribution in [2.24, 2.45) is 0 Å². The standard InChI is InChI=1S/C20H24FN3O4/c1-13(2)26-20(25)24-10-8-15(9-11-24)27-18-14(3)19(23-12-22-18)28-17-7-5-4-6-16(17)21/h4-7,12-13,15H,8-11H2,1-3H3. The van der Waals surface area contributed by atoms with Gasteiger partial charge in [0.2, 0.25) is 11.8 Å². The summed E-state index contributed by atoms with van der Waals surface area (Å²) < 4.78 is 30.6. The van der Waals surface area contributed by atoms with E-state index in [9.17, 15) is 9.18 Å². The Labute approximate surface area is 163 Å². The molecule has 0 atom stereocenters. The summed E-state index contributed by atoms with van der Waals surface area (Å²) in [5.74, 6) is 0.258. The molecule has 1 aromatic carbocycles. The van der Waals surface area contributed by atoms with Crippen LogP contribution in [0.1, 0.15) is 32.3 Å². The van der Waals surface area contributed by atoms with E-state index in [1.165, 1.54) is 18.5 Å². The van der Waals surface area contributed by atoms with Gasteiger partial charge in [-0.3, -0.25) is 0 Å². The van der Waals surface area contributed by atoms with Crippen LogP contribution in [0.2, 0.25) is 0 Å². The SMILES string of the molecule is Cc1c(Oc2ccccc2F)ncnc1OC1CCN(C(=O)OC(C)C)CC1. The maximum absolute atomic E-state index is 13.8. The predicted octanol–water partition coefficient (Wildman–Crippen LogP) is 4.10. The lowest BCUT2D eigenvalue weighted by atomic mass is 10.1. The Morgan fingerprint density at radius 1 is 1.18 bits per heavy atom. The van der Waals surface area contributed by atoms with E-state index in [-0.39, 0.29) is 29.9 Å². The molecule has 8 heteroatoms. The van der Waals surface area contributed by atoms with Crippen LogP contribution in [0.3, 0.4) is 0 Å². The van der Waals surface area contributed by atoms with E-state index in [1.807, 2.05) is 13.8 Å². The second kappa shape index (κ2) is 8.86. The fraction of sp³-hybridized carbons (Fsp3) is 0.450. The first-order valence-corrected chi connectivity index (χ1v) is 9.30. The minimum Gasteiger partial charge on any atom is -0.474 e. The first-order chi connectivity index (χ1) is 13.4. The van der Waals surface area contributed by atoms with Gasteiger partial charge in [-0.1, -0.05) is 12.1 Å². The zero-order chi connectivity index (χ0) is 20.1.